The Morgan fingerprint density at radius 3 is 0.879 bits per heavy atom. The Balaban J connectivity index is 1.08. The van der Waals surface area contributed by atoms with Crippen molar-refractivity contribution in [3.63, 3.8) is 0 Å². The van der Waals surface area contributed by atoms with Gasteiger partial charge in [0, 0.05) is 0 Å². The third kappa shape index (κ3) is 6.90. The zero-order valence-corrected chi connectivity index (χ0v) is 37.0. The summed E-state index contributed by atoms with van der Waals surface area (Å²) >= 11 is 0. The number of benzene rings is 12. The smallest absolute Gasteiger partial charge is 0.119 e. The molecule has 0 aliphatic carbocycles. The van der Waals surface area contributed by atoms with Crippen LogP contribution in [0.25, 0.3) is 121 Å². The van der Waals surface area contributed by atoms with Crippen LogP contribution < -0.4 is 9.47 Å². The fourth-order valence-electron chi connectivity index (χ4n) is 10.2. The molecule has 12 aromatic rings. The molecule has 2 heteroatoms. The van der Waals surface area contributed by atoms with Crippen molar-refractivity contribution >= 4 is 53.9 Å². The molecule has 0 N–H and O–H groups in total. The second-order valence-electron chi connectivity index (χ2n) is 17.2. The molecule has 0 saturated carbocycles. The lowest BCUT2D eigenvalue weighted by atomic mass is 9.81. The van der Waals surface area contributed by atoms with E-state index in [0.717, 1.165) is 22.6 Å². The van der Waals surface area contributed by atoms with Crippen LogP contribution in [-0.2, 0) is 0 Å². The second-order valence-corrected chi connectivity index (χ2v) is 17.2. The average Bonchev–Trinajstić information content (AvgIpc) is 3.38. The van der Waals surface area contributed by atoms with Crippen molar-refractivity contribution < 1.29 is 9.47 Å². The maximum Gasteiger partial charge on any atom is 0.119 e. The van der Waals surface area contributed by atoms with Crippen molar-refractivity contribution in [3.8, 4) is 78.3 Å². The number of fused-ring (bicyclic) bond motifs is 2. The third-order valence-corrected chi connectivity index (χ3v) is 13.4. The molecule has 0 heterocycles. The SMILES string of the molecule is CCOc1ccc(-c2cc(-c3ccc(-c4ccc5ccccc5c4)cc3)c3ccc4c(-c5ccc(OCC)cc5)cc(-c5ccc(-c6ccc7ccccc7c6)cc5)c5ccc2c3c45)cc1. The van der Waals surface area contributed by atoms with E-state index in [4.69, 9.17) is 9.47 Å². The van der Waals surface area contributed by atoms with Crippen LogP contribution in [0.15, 0.2) is 218 Å². The van der Waals surface area contributed by atoms with Crippen molar-refractivity contribution in [1.29, 1.82) is 0 Å². The van der Waals surface area contributed by atoms with Crippen molar-refractivity contribution in [2.75, 3.05) is 13.2 Å². The molecule has 12 rings (SSSR count). The fraction of sp³-hybridized carbons (Fsp3) is 0.0625. The van der Waals surface area contributed by atoms with Crippen molar-refractivity contribution in [2.45, 2.75) is 13.8 Å². The molecule has 0 spiro atoms. The van der Waals surface area contributed by atoms with E-state index in [1.54, 1.807) is 0 Å². The van der Waals surface area contributed by atoms with Crippen molar-refractivity contribution in [2.24, 2.45) is 0 Å². The molecule has 12 aromatic carbocycles. The number of ether oxygens (including phenoxy) is 2. The van der Waals surface area contributed by atoms with Crippen LogP contribution in [0.3, 0.4) is 0 Å². The van der Waals surface area contributed by atoms with E-state index in [1.165, 1.54) is 109 Å². The molecule has 66 heavy (non-hydrogen) atoms. The second kappa shape index (κ2) is 16.4. The summed E-state index contributed by atoms with van der Waals surface area (Å²) in [6, 6.07) is 80.4. The summed E-state index contributed by atoms with van der Waals surface area (Å²) in [5.74, 6) is 1.75. The van der Waals surface area contributed by atoms with Gasteiger partial charge >= 0.3 is 0 Å². The first-order chi connectivity index (χ1) is 32.6. The van der Waals surface area contributed by atoms with Crippen LogP contribution in [0.5, 0.6) is 11.5 Å². The van der Waals surface area contributed by atoms with Gasteiger partial charge in [-0.15, -0.1) is 0 Å². The predicted octanol–water partition coefficient (Wildman–Crippen LogP) is 17.7. The van der Waals surface area contributed by atoms with E-state index in [2.05, 4.69) is 218 Å². The summed E-state index contributed by atoms with van der Waals surface area (Å²) in [6.45, 7) is 5.31. The Labute approximate surface area is 385 Å². The summed E-state index contributed by atoms with van der Waals surface area (Å²) < 4.78 is 11.8. The Morgan fingerprint density at radius 2 is 0.545 bits per heavy atom. The first kappa shape index (κ1) is 39.4. The molecule has 0 amide bonds. The monoisotopic (exact) mass is 846 g/mol. The van der Waals surface area contributed by atoms with Crippen molar-refractivity contribution in [3.05, 3.63) is 218 Å². The zero-order valence-electron chi connectivity index (χ0n) is 37.0. The first-order valence-corrected chi connectivity index (χ1v) is 23.0. The van der Waals surface area contributed by atoms with Crippen LogP contribution in [0, 0.1) is 0 Å². The summed E-state index contributed by atoms with van der Waals surface area (Å²) in [6.07, 6.45) is 0. The summed E-state index contributed by atoms with van der Waals surface area (Å²) in [5, 5.41) is 12.5. The van der Waals surface area contributed by atoms with E-state index in [1.807, 2.05) is 13.8 Å². The lowest BCUT2D eigenvalue weighted by Gasteiger charge is -2.22. The molecule has 0 aliphatic rings. The minimum absolute atomic E-state index is 0.628. The molecule has 0 radical (unpaired) electrons. The van der Waals surface area contributed by atoms with Crippen molar-refractivity contribution in [1.82, 2.24) is 0 Å². The molecular formula is C64H46O2. The highest BCUT2D eigenvalue weighted by molar-refractivity contribution is 6.32. The van der Waals surface area contributed by atoms with Crippen LogP contribution in [0.1, 0.15) is 13.8 Å². The molecule has 0 fully saturated rings. The Hall–Kier alpha value is -8.20. The summed E-state index contributed by atoms with van der Waals surface area (Å²) in [7, 11) is 0. The highest BCUT2D eigenvalue weighted by Gasteiger charge is 2.21. The summed E-state index contributed by atoms with van der Waals surface area (Å²) in [5.41, 5.74) is 14.3. The molecule has 0 atom stereocenters. The van der Waals surface area contributed by atoms with Gasteiger partial charge in [-0.3, -0.25) is 0 Å². The minimum atomic E-state index is 0.628. The predicted molar refractivity (Wildman–Crippen MR) is 280 cm³/mol. The highest BCUT2D eigenvalue weighted by atomic mass is 16.5. The molecule has 0 saturated heterocycles. The largest absolute Gasteiger partial charge is 0.494 e. The van der Waals surface area contributed by atoms with Gasteiger partial charge in [0.2, 0.25) is 0 Å². The van der Waals surface area contributed by atoms with Gasteiger partial charge in [0.15, 0.2) is 0 Å². The van der Waals surface area contributed by atoms with Crippen LogP contribution in [0.4, 0.5) is 0 Å². The van der Waals surface area contributed by atoms with Gasteiger partial charge < -0.3 is 9.47 Å². The molecular weight excluding hydrogens is 801 g/mol. The molecule has 0 bridgehead atoms. The van der Waals surface area contributed by atoms with Gasteiger partial charge in [0.1, 0.15) is 11.5 Å². The maximum absolute atomic E-state index is 5.91. The molecule has 2 nitrogen and oxygen atoms in total. The maximum atomic E-state index is 5.91. The Kier molecular flexibility index (Phi) is 9.80. The van der Waals surface area contributed by atoms with Gasteiger partial charge in [-0.25, -0.2) is 0 Å². The topological polar surface area (TPSA) is 18.5 Å². The van der Waals surface area contributed by atoms with Gasteiger partial charge in [-0.2, -0.15) is 0 Å². The van der Waals surface area contributed by atoms with Gasteiger partial charge in [0.25, 0.3) is 0 Å². The van der Waals surface area contributed by atoms with E-state index in [9.17, 15) is 0 Å². The summed E-state index contributed by atoms with van der Waals surface area (Å²) in [4.78, 5) is 0. The Bertz CT molecular complexity index is 3480. The van der Waals surface area contributed by atoms with Crippen LogP contribution in [0.2, 0.25) is 0 Å². The zero-order chi connectivity index (χ0) is 44.1. The quantitative estimate of drug-likeness (QED) is 0.128. The Morgan fingerprint density at radius 1 is 0.258 bits per heavy atom. The van der Waals surface area contributed by atoms with Gasteiger partial charge in [-0.05, 0) is 183 Å². The number of hydrogen-bond acceptors (Lipinski definition) is 2. The normalized spacial score (nSPS) is 11.6. The van der Waals surface area contributed by atoms with E-state index in [0.29, 0.717) is 13.2 Å². The molecule has 0 aliphatic heterocycles. The van der Waals surface area contributed by atoms with E-state index >= 15 is 0 Å². The third-order valence-electron chi connectivity index (χ3n) is 13.4. The van der Waals surface area contributed by atoms with Crippen LogP contribution >= 0.6 is 0 Å². The van der Waals surface area contributed by atoms with Crippen LogP contribution in [-0.4, -0.2) is 13.2 Å². The molecule has 0 unspecified atom stereocenters. The van der Waals surface area contributed by atoms with E-state index < -0.39 is 0 Å². The lowest BCUT2D eigenvalue weighted by molar-refractivity contribution is 0.340. The van der Waals surface area contributed by atoms with E-state index in [-0.39, 0.29) is 0 Å². The fourth-order valence-corrected chi connectivity index (χ4v) is 10.2. The lowest BCUT2D eigenvalue weighted by Crippen LogP contribution is -1.95. The number of rotatable bonds is 10. The molecule has 0 aromatic heterocycles. The van der Waals surface area contributed by atoms with Gasteiger partial charge in [0.05, 0.1) is 13.2 Å². The molecule has 314 valence electrons. The van der Waals surface area contributed by atoms with Gasteiger partial charge in [-0.1, -0.05) is 170 Å². The standard InChI is InChI=1S/C64H46O2/c1-3-65-53-29-25-47(26-30-53)61-39-59(45-19-13-43(14-20-45)51-23-17-41-9-5-7-11-49(41)37-51)55-34-36-58-62(48-27-31-54(32-28-48)66-4-2)40-60(56-33-35-57(61)63(55)64(56)58)46-21-15-44(16-22-46)52-24-18-42-10-6-8-12-50(42)38-52/h5-40H,3-4H2,1-2H3. The highest BCUT2D eigenvalue weighted by Crippen LogP contribution is 2.49. The minimum Gasteiger partial charge on any atom is -0.494 e. The number of hydrogen-bond donors (Lipinski definition) is 0. The average molecular weight is 847 g/mol. The first-order valence-electron chi connectivity index (χ1n) is 23.0.